The maximum atomic E-state index is 12.4. The lowest BCUT2D eigenvalue weighted by Gasteiger charge is -2.23. The molecule has 1 fully saturated rings. The highest BCUT2D eigenvalue weighted by Crippen LogP contribution is 2.20. The Labute approximate surface area is 124 Å². The molecule has 0 saturated carbocycles. The van der Waals surface area contributed by atoms with Crippen LogP contribution in [-0.4, -0.2) is 42.8 Å². The normalized spacial score (nSPS) is 23.1. The van der Waals surface area contributed by atoms with Crippen molar-refractivity contribution in [1.29, 1.82) is 0 Å². The molecular weight excluding hydrogens is 252 g/mol. The van der Waals surface area contributed by atoms with Gasteiger partial charge < -0.3 is 9.64 Å². The van der Waals surface area contributed by atoms with Crippen LogP contribution in [0.1, 0.15) is 59.8 Å². The minimum Gasteiger partial charge on any atom is -0.381 e. The van der Waals surface area contributed by atoms with E-state index < -0.39 is 0 Å². The molecule has 0 radical (unpaired) electrons. The van der Waals surface area contributed by atoms with Gasteiger partial charge in [0.25, 0.3) is 0 Å². The number of hydrogen-bond acceptors (Lipinski definition) is 3. The maximum absolute atomic E-state index is 12.4. The average Bonchev–Trinajstić information content (AvgIpc) is 2.72. The summed E-state index contributed by atoms with van der Waals surface area (Å²) in [7, 11) is 0. The third-order valence-corrected chi connectivity index (χ3v) is 3.86. The SMILES string of the molecule is CCCCOCCCN1C(=O)C(C(C)C)NC1CCC. The van der Waals surface area contributed by atoms with Crippen molar-refractivity contribution in [1.82, 2.24) is 10.2 Å². The average molecular weight is 284 g/mol. The van der Waals surface area contributed by atoms with Crippen LogP contribution >= 0.6 is 0 Å². The second kappa shape index (κ2) is 9.35. The topological polar surface area (TPSA) is 41.6 Å². The molecule has 0 aromatic heterocycles. The predicted molar refractivity (Wildman–Crippen MR) is 82.5 cm³/mol. The molecule has 1 amide bonds. The van der Waals surface area contributed by atoms with Gasteiger partial charge in [0.05, 0.1) is 12.2 Å². The molecule has 1 heterocycles. The Kier molecular flexibility index (Phi) is 8.15. The van der Waals surface area contributed by atoms with Gasteiger partial charge in [-0.1, -0.05) is 40.5 Å². The highest BCUT2D eigenvalue weighted by molar-refractivity contribution is 5.84. The van der Waals surface area contributed by atoms with Crippen LogP contribution in [-0.2, 0) is 9.53 Å². The number of unbranched alkanes of at least 4 members (excludes halogenated alkanes) is 1. The van der Waals surface area contributed by atoms with Gasteiger partial charge in [0.2, 0.25) is 5.91 Å². The van der Waals surface area contributed by atoms with Crippen molar-refractivity contribution >= 4 is 5.91 Å². The monoisotopic (exact) mass is 284 g/mol. The molecule has 1 N–H and O–H groups in total. The molecule has 0 aromatic rings. The van der Waals surface area contributed by atoms with Gasteiger partial charge in [-0.3, -0.25) is 10.1 Å². The van der Waals surface area contributed by atoms with Crippen molar-refractivity contribution in [3.8, 4) is 0 Å². The maximum Gasteiger partial charge on any atom is 0.241 e. The standard InChI is InChI=1S/C16H32N2O2/c1-5-7-11-20-12-8-10-18-14(9-6-2)17-15(13(3)4)16(18)19/h13-15,17H,5-12H2,1-4H3. The Bertz CT molecular complexity index is 282. The molecule has 118 valence electrons. The Hall–Kier alpha value is -0.610. The molecular formula is C16H32N2O2. The number of carbonyl (C=O) groups is 1. The molecule has 20 heavy (non-hydrogen) atoms. The van der Waals surface area contributed by atoms with Gasteiger partial charge >= 0.3 is 0 Å². The van der Waals surface area contributed by atoms with Crippen molar-refractivity contribution < 1.29 is 9.53 Å². The van der Waals surface area contributed by atoms with E-state index in [-0.39, 0.29) is 18.1 Å². The molecule has 2 atom stereocenters. The van der Waals surface area contributed by atoms with Crippen molar-refractivity contribution in [3.63, 3.8) is 0 Å². The summed E-state index contributed by atoms with van der Waals surface area (Å²) in [5, 5.41) is 3.49. The van der Waals surface area contributed by atoms with Crippen molar-refractivity contribution in [2.75, 3.05) is 19.8 Å². The van der Waals surface area contributed by atoms with E-state index in [9.17, 15) is 4.79 Å². The van der Waals surface area contributed by atoms with Gasteiger partial charge in [-0.15, -0.1) is 0 Å². The molecule has 0 aromatic carbocycles. The van der Waals surface area contributed by atoms with Crippen LogP contribution in [0.2, 0.25) is 0 Å². The quantitative estimate of drug-likeness (QED) is 0.627. The first kappa shape index (κ1) is 17.4. The predicted octanol–water partition coefficient (Wildman–Crippen LogP) is 2.78. The molecule has 4 heteroatoms. The van der Waals surface area contributed by atoms with Gasteiger partial charge in [-0.25, -0.2) is 0 Å². The van der Waals surface area contributed by atoms with E-state index in [0.717, 1.165) is 45.4 Å². The third-order valence-electron chi connectivity index (χ3n) is 3.86. The summed E-state index contributed by atoms with van der Waals surface area (Å²) in [6, 6.07) is -0.00689. The largest absolute Gasteiger partial charge is 0.381 e. The summed E-state index contributed by atoms with van der Waals surface area (Å²) >= 11 is 0. The van der Waals surface area contributed by atoms with Gasteiger partial charge in [0, 0.05) is 19.8 Å². The Morgan fingerprint density at radius 1 is 1.20 bits per heavy atom. The van der Waals surface area contributed by atoms with Gasteiger partial charge in [0.15, 0.2) is 0 Å². The van der Waals surface area contributed by atoms with Crippen molar-refractivity contribution in [3.05, 3.63) is 0 Å². The van der Waals surface area contributed by atoms with E-state index in [1.54, 1.807) is 0 Å². The summed E-state index contributed by atoms with van der Waals surface area (Å²) in [6.45, 7) is 11.0. The fourth-order valence-corrected chi connectivity index (χ4v) is 2.64. The van der Waals surface area contributed by atoms with Crippen LogP contribution in [0, 0.1) is 5.92 Å². The smallest absolute Gasteiger partial charge is 0.241 e. The van der Waals surface area contributed by atoms with Crippen LogP contribution < -0.4 is 5.32 Å². The molecule has 1 rings (SSSR count). The first-order chi connectivity index (χ1) is 9.61. The first-order valence-corrected chi connectivity index (χ1v) is 8.26. The number of carbonyl (C=O) groups excluding carboxylic acids is 1. The van der Waals surface area contributed by atoms with Crippen LogP contribution in [0.4, 0.5) is 0 Å². The lowest BCUT2D eigenvalue weighted by atomic mass is 10.1. The minimum atomic E-state index is -0.00689. The van der Waals surface area contributed by atoms with Crippen molar-refractivity contribution in [2.45, 2.75) is 72.0 Å². The lowest BCUT2D eigenvalue weighted by molar-refractivity contribution is -0.131. The minimum absolute atomic E-state index is 0.00689. The van der Waals surface area contributed by atoms with E-state index in [4.69, 9.17) is 4.74 Å². The second-order valence-electron chi connectivity index (χ2n) is 6.04. The summed E-state index contributed by atoms with van der Waals surface area (Å²) in [5.41, 5.74) is 0. The van der Waals surface area contributed by atoms with E-state index in [1.807, 2.05) is 4.90 Å². The third kappa shape index (κ3) is 5.06. The van der Waals surface area contributed by atoms with Crippen LogP contribution in [0.15, 0.2) is 0 Å². The highest BCUT2D eigenvalue weighted by Gasteiger charge is 2.39. The van der Waals surface area contributed by atoms with E-state index in [2.05, 4.69) is 33.0 Å². The highest BCUT2D eigenvalue weighted by atomic mass is 16.5. The lowest BCUT2D eigenvalue weighted by Crippen LogP contribution is -2.38. The van der Waals surface area contributed by atoms with Gasteiger partial charge in [-0.2, -0.15) is 0 Å². The second-order valence-corrected chi connectivity index (χ2v) is 6.04. The molecule has 2 unspecified atom stereocenters. The number of amides is 1. The summed E-state index contributed by atoms with van der Waals surface area (Å²) < 4.78 is 5.58. The molecule has 0 aliphatic carbocycles. The Morgan fingerprint density at radius 3 is 2.50 bits per heavy atom. The molecule has 1 saturated heterocycles. The van der Waals surface area contributed by atoms with Crippen LogP contribution in [0.25, 0.3) is 0 Å². The summed E-state index contributed by atoms with van der Waals surface area (Å²) in [4.78, 5) is 14.4. The van der Waals surface area contributed by atoms with Gasteiger partial charge in [0.1, 0.15) is 0 Å². The summed E-state index contributed by atoms with van der Waals surface area (Å²) in [6.07, 6.45) is 5.57. The molecule has 1 aliphatic heterocycles. The zero-order valence-electron chi connectivity index (χ0n) is 13.7. The molecule has 1 aliphatic rings. The zero-order chi connectivity index (χ0) is 15.0. The Morgan fingerprint density at radius 2 is 1.90 bits per heavy atom. The molecule has 0 spiro atoms. The van der Waals surface area contributed by atoms with Crippen LogP contribution in [0.3, 0.4) is 0 Å². The fraction of sp³-hybridized carbons (Fsp3) is 0.938. The first-order valence-electron chi connectivity index (χ1n) is 8.26. The number of ether oxygens (including phenoxy) is 1. The number of rotatable bonds is 10. The zero-order valence-corrected chi connectivity index (χ0v) is 13.7. The molecule has 4 nitrogen and oxygen atoms in total. The summed E-state index contributed by atoms with van der Waals surface area (Å²) in [5.74, 6) is 0.625. The van der Waals surface area contributed by atoms with E-state index in [0.29, 0.717) is 5.92 Å². The van der Waals surface area contributed by atoms with Crippen LogP contribution in [0.5, 0.6) is 0 Å². The van der Waals surface area contributed by atoms with E-state index >= 15 is 0 Å². The number of nitrogens with one attached hydrogen (secondary N) is 1. The fourth-order valence-electron chi connectivity index (χ4n) is 2.64. The number of hydrogen-bond donors (Lipinski definition) is 1. The number of nitrogens with zero attached hydrogens (tertiary/aromatic N) is 1. The van der Waals surface area contributed by atoms with Gasteiger partial charge in [-0.05, 0) is 25.2 Å². The Balaban J connectivity index is 2.37. The molecule has 0 bridgehead atoms. The van der Waals surface area contributed by atoms with Crippen molar-refractivity contribution in [2.24, 2.45) is 5.92 Å². The van der Waals surface area contributed by atoms with E-state index in [1.165, 1.54) is 6.42 Å².